The number of hydrogen-bond donors (Lipinski definition) is 3. The zero-order valence-corrected chi connectivity index (χ0v) is 24.8. The standard InChI is InChI=1S/C32H50N3O3P/c36-30(33-24-20-21-28-29(23-24)32(38)35-34-31(28)37)19-11-4-12-22-39(25-13-5-1-6-14-25,26-15-7-2-8-16-26)27-17-9-3-10-18-27/h20-21,23,25-27,39H,1-19,22H2,(H,33,36)(H,34,37)(H,35,38). The Labute approximate surface area is 233 Å². The molecule has 0 saturated heterocycles. The summed E-state index contributed by atoms with van der Waals surface area (Å²) in [6, 6.07) is 4.90. The summed E-state index contributed by atoms with van der Waals surface area (Å²) in [6.45, 7) is 0. The van der Waals surface area contributed by atoms with Crippen molar-refractivity contribution in [2.45, 2.75) is 139 Å². The Morgan fingerprint density at radius 1 is 0.692 bits per heavy atom. The Morgan fingerprint density at radius 3 is 1.74 bits per heavy atom. The molecule has 0 atom stereocenters. The van der Waals surface area contributed by atoms with E-state index in [0.29, 0.717) is 22.9 Å². The van der Waals surface area contributed by atoms with Gasteiger partial charge in [0.1, 0.15) is 0 Å². The van der Waals surface area contributed by atoms with E-state index in [-0.39, 0.29) is 17.0 Å². The molecular formula is C32H50N3O3P. The molecule has 216 valence electrons. The molecule has 1 aromatic carbocycles. The van der Waals surface area contributed by atoms with Crippen LogP contribution in [0.5, 0.6) is 0 Å². The molecule has 7 heteroatoms. The molecule has 0 bridgehead atoms. The van der Waals surface area contributed by atoms with E-state index in [1.807, 2.05) is 0 Å². The van der Waals surface area contributed by atoms with Crippen molar-refractivity contribution in [2.24, 2.45) is 0 Å². The fourth-order valence-corrected chi connectivity index (χ4v) is 17.4. The van der Waals surface area contributed by atoms with Gasteiger partial charge in [0.15, 0.2) is 0 Å². The monoisotopic (exact) mass is 555 g/mol. The van der Waals surface area contributed by atoms with Crippen LogP contribution in [-0.2, 0) is 4.79 Å². The molecule has 0 radical (unpaired) electrons. The quantitative estimate of drug-likeness (QED) is 0.210. The molecule has 1 amide bonds. The summed E-state index contributed by atoms with van der Waals surface area (Å²) < 4.78 is 0. The Kier molecular flexibility index (Phi) is 9.98. The van der Waals surface area contributed by atoms with Crippen LogP contribution in [0.25, 0.3) is 10.8 Å². The van der Waals surface area contributed by atoms with Gasteiger partial charge in [-0.05, 0) is 0 Å². The maximum atomic E-state index is 12.7. The summed E-state index contributed by atoms with van der Waals surface area (Å²) in [6.07, 6.45) is 27.6. The van der Waals surface area contributed by atoms with Crippen molar-refractivity contribution in [1.29, 1.82) is 0 Å². The molecule has 5 rings (SSSR count). The predicted molar refractivity (Wildman–Crippen MR) is 166 cm³/mol. The van der Waals surface area contributed by atoms with Crippen molar-refractivity contribution >= 4 is 29.6 Å². The first-order valence-corrected chi connectivity index (χ1v) is 18.6. The number of fused-ring (bicyclic) bond motifs is 1. The fourth-order valence-electron chi connectivity index (χ4n) is 8.91. The van der Waals surface area contributed by atoms with Gasteiger partial charge in [-0.15, -0.1) is 0 Å². The van der Waals surface area contributed by atoms with Gasteiger partial charge in [0.2, 0.25) is 0 Å². The molecule has 6 nitrogen and oxygen atoms in total. The Hall–Kier alpha value is -1.94. The average Bonchev–Trinajstić information content (AvgIpc) is 2.98. The Balaban J connectivity index is 1.20. The zero-order chi connectivity index (χ0) is 27.1. The second kappa shape index (κ2) is 13.6. The van der Waals surface area contributed by atoms with Crippen LogP contribution in [0.2, 0.25) is 0 Å². The summed E-state index contributed by atoms with van der Waals surface area (Å²) in [5, 5.41) is 8.27. The number of benzene rings is 1. The number of carbonyl (C=O) groups is 1. The molecule has 1 aromatic heterocycles. The van der Waals surface area contributed by atoms with Gasteiger partial charge < -0.3 is 0 Å². The van der Waals surface area contributed by atoms with Gasteiger partial charge in [0.05, 0.1) is 0 Å². The molecule has 2 aromatic rings. The summed E-state index contributed by atoms with van der Waals surface area (Å²) in [5.41, 5.74) is 3.05. The average molecular weight is 556 g/mol. The topological polar surface area (TPSA) is 94.8 Å². The molecular weight excluding hydrogens is 505 g/mol. The number of nitrogens with one attached hydrogen (secondary N) is 3. The van der Waals surface area contributed by atoms with Crippen LogP contribution >= 0.6 is 7.26 Å². The number of aromatic amines is 2. The predicted octanol–water partition coefficient (Wildman–Crippen LogP) is 7.46. The Morgan fingerprint density at radius 2 is 1.21 bits per heavy atom. The van der Waals surface area contributed by atoms with Crippen LogP contribution in [0.4, 0.5) is 5.69 Å². The fraction of sp³-hybridized carbons (Fsp3) is 0.719. The molecule has 3 N–H and O–H groups in total. The van der Waals surface area contributed by atoms with E-state index in [1.165, 1.54) is 109 Å². The number of rotatable bonds is 10. The molecule has 3 aliphatic rings. The molecule has 3 saturated carbocycles. The molecule has 0 aliphatic heterocycles. The van der Waals surface area contributed by atoms with E-state index >= 15 is 0 Å². The van der Waals surface area contributed by atoms with Gasteiger partial charge in [-0.25, -0.2) is 0 Å². The number of carbonyl (C=O) groups excluding carboxylic acids is 1. The molecule has 3 aliphatic carbocycles. The van der Waals surface area contributed by atoms with Crippen molar-refractivity contribution in [2.75, 3.05) is 11.5 Å². The number of unbranched alkanes of at least 4 members (excludes halogenated alkanes) is 2. The third-order valence-corrected chi connectivity index (χ3v) is 18.2. The van der Waals surface area contributed by atoms with E-state index < -0.39 is 7.26 Å². The summed E-state index contributed by atoms with van der Waals surface area (Å²) in [5.74, 6) is -0.00836. The normalized spacial score (nSPS) is 20.7. The maximum absolute atomic E-state index is 12.7. The number of H-pyrrole nitrogens is 2. The number of anilines is 1. The van der Waals surface area contributed by atoms with Crippen LogP contribution in [0.15, 0.2) is 27.8 Å². The third-order valence-electron chi connectivity index (χ3n) is 10.7. The SMILES string of the molecule is O=C(CCCCC[PH](C1CCCCC1)(C1CCCCC1)C1CCCCC1)Nc1ccc2c(=O)[nH][nH]c(=O)c2c1. The molecule has 0 unspecified atom stereocenters. The summed E-state index contributed by atoms with van der Waals surface area (Å²) in [4.78, 5) is 36.8. The zero-order valence-electron chi connectivity index (χ0n) is 23.8. The van der Waals surface area contributed by atoms with Crippen molar-refractivity contribution in [3.8, 4) is 0 Å². The van der Waals surface area contributed by atoms with E-state index in [2.05, 4.69) is 15.5 Å². The minimum atomic E-state index is -1.43. The summed E-state index contributed by atoms with van der Waals surface area (Å²) in [7, 11) is -1.43. The second-order valence-electron chi connectivity index (χ2n) is 12.9. The van der Waals surface area contributed by atoms with Crippen molar-refractivity contribution in [3.63, 3.8) is 0 Å². The van der Waals surface area contributed by atoms with Gasteiger partial charge in [-0.3, -0.25) is 9.89 Å². The van der Waals surface area contributed by atoms with Crippen molar-refractivity contribution < 1.29 is 4.79 Å². The van der Waals surface area contributed by atoms with E-state index in [1.54, 1.807) is 18.2 Å². The van der Waals surface area contributed by atoms with Crippen LogP contribution < -0.4 is 16.4 Å². The van der Waals surface area contributed by atoms with Crippen molar-refractivity contribution in [3.05, 3.63) is 38.9 Å². The van der Waals surface area contributed by atoms with Crippen LogP contribution in [0.3, 0.4) is 0 Å². The molecule has 1 heterocycles. The second-order valence-corrected chi connectivity index (χ2v) is 18.1. The van der Waals surface area contributed by atoms with Gasteiger partial charge >= 0.3 is 224 Å². The number of hydrogen-bond acceptors (Lipinski definition) is 3. The first-order valence-electron chi connectivity index (χ1n) is 16.1. The minimum absolute atomic E-state index is 0.00836. The van der Waals surface area contributed by atoms with Gasteiger partial charge in [-0.2, -0.15) is 0 Å². The Bertz CT molecular complexity index is 1160. The molecule has 39 heavy (non-hydrogen) atoms. The first-order chi connectivity index (χ1) is 19.1. The number of amides is 1. The van der Waals surface area contributed by atoms with E-state index in [9.17, 15) is 14.4 Å². The molecule has 3 fully saturated rings. The van der Waals surface area contributed by atoms with Gasteiger partial charge in [0.25, 0.3) is 0 Å². The van der Waals surface area contributed by atoms with Gasteiger partial charge in [0, 0.05) is 0 Å². The van der Waals surface area contributed by atoms with Crippen LogP contribution in [-0.4, -0.2) is 39.2 Å². The van der Waals surface area contributed by atoms with E-state index in [4.69, 9.17) is 0 Å². The molecule has 0 spiro atoms. The van der Waals surface area contributed by atoms with Crippen LogP contribution in [0, 0.1) is 0 Å². The van der Waals surface area contributed by atoms with Crippen molar-refractivity contribution in [1.82, 2.24) is 10.2 Å². The van der Waals surface area contributed by atoms with Crippen LogP contribution in [0.1, 0.15) is 122 Å². The first kappa shape index (κ1) is 28.6. The van der Waals surface area contributed by atoms with Gasteiger partial charge in [-0.1, -0.05) is 0 Å². The third kappa shape index (κ3) is 6.69. The summed E-state index contributed by atoms with van der Waals surface area (Å²) >= 11 is 0. The number of aromatic nitrogens is 2. The van der Waals surface area contributed by atoms with E-state index in [0.717, 1.165) is 29.8 Å².